The maximum atomic E-state index is 13.0. The molecule has 5 heteroatoms. The highest BCUT2D eigenvalue weighted by Crippen LogP contribution is 2.33. The molecular formula is C19H25N3O2. The molecule has 24 heavy (non-hydrogen) atoms. The Kier molecular flexibility index (Phi) is 4.06. The molecule has 0 aliphatic carbocycles. The first-order chi connectivity index (χ1) is 11.7. The van der Waals surface area contributed by atoms with Crippen molar-refractivity contribution in [3.8, 4) is 0 Å². The first-order valence-electron chi connectivity index (χ1n) is 8.78. The molecule has 2 fully saturated rings. The van der Waals surface area contributed by atoms with Gasteiger partial charge in [0.2, 0.25) is 0 Å². The van der Waals surface area contributed by atoms with Gasteiger partial charge < -0.3 is 19.5 Å². The zero-order chi connectivity index (χ0) is 16.6. The number of aromatic nitrogens is 1. The van der Waals surface area contributed by atoms with Crippen molar-refractivity contribution in [2.75, 3.05) is 46.4 Å². The van der Waals surface area contributed by atoms with Crippen LogP contribution >= 0.6 is 0 Å². The Hall–Kier alpha value is -1.85. The number of likely N-dealkylation sites (tertiary alicyclic amines) is 1. The van der Waals surface area contributed by atoms with Crippen molar-refractivity contribution < 1.29 is 9.53 Å². The summed E-state index contributed by atoms with van der Waals surface area (Å²) in [5.41, 5.74) is 1.87. The van der Waals surface area contributed by atoms with Gasteiger partial charge in [-0.15, -0.1) is 0 Å². The lowest BCUT2D eigenvalue weighted by atomic mass is 9.80. The van der Waals surface area contributed by atoms with Crippen LogP contribution in [-0.4, -0.2) is 67.1 Å². The van der Waals surface area contributed by atoms with Gasteiger partial charge in [0.25, 0.3) is 5.91 Å². The van der Waals surface area contributed by atoms with Crippen molar-refractivity contribution >= 4 is 16.8 Å². The van der Waals surface area contributed by atoms with E-state index in [1.54, 1.807) is 0 Å². The number of ether oxygens (including phenoxy) is 1. The van der Waals surface area contributed by atoms with Crippen molar-refractivity contribution in [2.45, 2.75) is 12.8 Å². The van der Waals surface area contributed by atoms with E-state index in [-0.39, 0.29) is 11.3 Å². The molecule has 1 amide bonds. The summed E-state index contributed by atoms with van der Waals surface area (Å²) < 4.78 is 5.85. The number of hydrogen-bond acceptors (Lipinski definition) is 3. The number of carbonyl (C=O) groups is 1. The normalized spacial score (nSPS) is 26.0. The molecule has 0 radical (unpaired) electrons. The van der Waals surface area contributed by atoms with E-state index in [9.17, 15) is 4.79 Å². The van der Waals surface area contributed by atoms with E-state index in [1.165, 1.54) is 0 Å². The summed E-state index contributed by atoms with van der Waals surface area (Å²) in [4.78, 5) is 20.6. The Bertz CT molecular complexity index is 741. The molecule has 1 spiro atoms. The summed E-state index contributed by atoms with van der Waals surface area (Å²) in [5, 5.41) is 1.14. The SMILES string of the molecule is CN1CCOC[C@]2(CCCN(C(=O)c3ccc4cc[nH]c4c3)C2)C1. The average Bonchev–Trinajstić information content (AvgIpc) is 2.98. The van der Waals surface area contributed by atoms with Crippen molar-refractivity contribution in [2.24, 2.45) is 5.41 Å². The molecule has 1 aromatic carbocycles. The van der Waals surface area contributed by atoms with E-state index < -0.39 is 0 Å². The minimum absolute atomic E-state index is 0.0791. The van der Waals surface area contributed by atoms with Gasteiger partial charge in [-0.3, -0.25) is 4.79 Å². The molecule has 3 heterocycles. The zero-order valence-electron chi connectivity index (χ0n) is 14.3. The van der Waals surface area contributed by atoms with Crippen LogP contribution in [-0.2, 0) is 4.74 Å². The second kappa shape index (κ2) is 6.22. The van der Waals surface area contributed by atoms with Crippen LogP contribution in [0.4, 0.5) is 0 Å². The van der Waals surface area contributed by atoms with Crippen LogP contribution in [0.2, 0.25) is 0 Å². The largest absolute Gasteiger partial charge is 0.379 e. The molecule has 1 atom stereocenters. The number of nitrogens with zero attached hydrogens (tertiary/aromatic N) is 2. The number of H-pyrrole nitrogens is 1. The van der Waals surface area contributed by atoms with E-state index in [0.29, 0.717) is 0 Å². The number of carbonyl (C=O) groups excluding carboxylic acids is 1. The fraction of sp³-hybridized carbons (Fsp3) is 0.526. The Labute approximate surface area is 142 Å². The first kappa shape index (κ1) is 15.7. The molecule has 4 rings (SSSR count). The highest BCUT2D eigenvalue weighted by atomic mass is 16.5. The van der Waals surface area contributed by atoms with Gasteiger partial charge in [0.05, 0.1) is 13.2 Å². The molecule has 0 unspecified atom stereocenters. The molecule has 5 nitrogen and oxygen atoms in total. The number of piperidine rings is 1. The highest BCUT2D eigenvalue weighted by Gasteiger charge is 2.39. The Balaban J connectivity index is 1.55. The van der Waals surface area contributed by atoms with Gasteiger partial charge >= 0.3 is 0 Å². The second-order valence-corrected chi connectivity index (χ2v) is 7.40. The predicted molar refractivity (Wildman–Crippen MR) is 94.2 cm³/mol. The van der Waals surface area contributed by atoms with Gasteiger partial charge in [0.15, 0.2) is 0 Å². The highest BCUT2D eigenvalue weighted by molar-refractivity contribution is 5.98. The molecule has 0 bridgehead atoms. The van der Waals surface area contributed by atoms with Crippen LogP contribution < -0.4 is 0 Å². The van der Waals surface area contributed by atoms with Gasteiger partial charge in [0.1, 0.15) is 0 Å². The van der Waals surface area contributed by atoms with Crippen molar-refractivity contribution in [1.29, 1.82) is 0 Å². The van der Waals surface area contributed by atoms with Gasteiger partial charge in [-0.25, -0.2) is 0 Å². The minimum Gasteiger partial charge on any atom is -0.379 e. The van der Waals surface area contributed by atoms with Crippen LogP contribution in [0.3, 0.4) is 0 Å². The number of rotatable bonds is 1. The summed E-state index contributed by atoms with van der Waals surface area (Å²) in [6.07, 6.45) is 4.10. The standard InChI is InChI=1S/C19H25N3O2/c1-21-9-10-24-14-19(12-21)6-2-8-22(13-19)18(23)16-4-3-15-5-7-20-17(15)11-16/h3-5,7,11,20H,2,6,8-10,12-14H2,1H3/t19-/m1/s1. The van der Waals surface area contributed by atoms with Gasteiger partial charge in [-0.2, -0.15) is 0 Å². The summed E-state index contributed by atoms with van der Waals surface area (Å²) in [6, 6.07) is 7.95. The van der Waals surface area contributed by atoms with E-state index in [0.717, 1.165) is 68.7 Å². The van der Waals surface area contributed by atoms with Crippen molar-refractivity contribution in [3.05, 3.63) is 36.0 Å². The molecule has 2 aliphatic heterocycles. The third-order valence-electron chi connectivity index (χ3n) is 5.38. The molecule has 128 valence electrons. The van der Waals surface area contributed by atoms with Crippen LogP contribution in [0.1, 0.15) is 23.2 Å². The lowest BCUT2D eigenvalue weighted by Crippen LogP contribution is -2.51. The zero-order valence-corrected chi connectivity index (χ0v) is 14.3. The van der Waals surface area contributed by atoms with E-state index in [1.807, 2.05) is 35.4 Å². The quantitative estimate of drug-likeness (QED) is 0.875. The van der Waals surface area contributed by atoms with Gasteiger partial charge in [-0.05, 0) is 43.5 Å². The third kappa shape index (κ3) is 2.94. The third-order valence-corrected chi connectivity index (χ3v) is 5.38. The Morgan fingerprint density at radius 1 is 1.25 bits per heavy atom. The fourth-order valence-corrected chi connectivity index (χ4v) is 4.20. The number of fused-ring (bicyclic) bond motifs is 1. The maximum Gasteiger partial charge on any atom is 0.253 e. The number of nitrogens with one attached hydrogen (secondary N) is 1. The smallest absolute Gasteiger partial charge is 0.253 e. The van der Waals surface area contributed by atoms with Crippen LogP contribution in [0.15, 0.2) is 30.5 Å². The van der Waals surface area contributed by atoms with Crippen LogP contribution in [0.5, 0.6) is 0 Å². The summed E-state index contributed by atoms with van der Waals surface area (Å²) >= 11 is 0. The summed E-state index contributed by atoms with van der Waals surface area (Å²) in [7, 11) is 2.15. The maximum absolute atomic E-state index is 13.0. The molecule has 1 aromatic heterocycles. The van der Waals surface area contributed by atoms with Gasteiger partial charge in [-0.1, -0.05) is 6.07 Å². The fourth-order valence-electron chi connectivity index (χ4n) is 4.20. The Morgan fingerprint density at radius 3 is 3.08 bits per heavy atom. The van der Waals surface area contributed by atoms with E-state index in [4.69, 9.17) is 4.74 Å². The molecule has 2 aromatic rings. The monoisotopic (exact) mass is 327 g/mol. The molecule has 0 saturated carbocycles. The number of aromatic amines is 1. The lowest BCUT2D eigenvalue weighted by molar-refractivity contribution is 0.00861. The first-order valence-corrected chi connectivity index (χ1v) is 8.78. The average molecular weight is 327 g/mol. The van der Waals surface area contributed by atoms with Gasteiger partial charge in [0, 0.05) is 48.9 Å². The topological polar surface area (TPSA) is 48.6 Å². The second-order valence-electron chi connectivity index (χ2n) is 7.40. The summed E-state index contributed by atoms with van der Waals surface area (Å²) in [5.74, 6) is 0.137. The van der Waals surface area contributed by atoms with Crippen molar-refractivity contribution in [1.82, 2.24) is 14.8 Å². The van der Waals surface area contributed by atoms with E-state index >= 15 is 0 Å². The lowest BCUT2D eigenvalue weighted by Gasteiger charge is -2.43. The van der Waals surface area contributed by atoms with Crippen LogP contribution in [0, 0.1) is 5.41 Å². The molecular weight excluding hydrogens is 302 g/mol. The predicted octanol–water partition coefficient (Wildman–Crippen LogP) is 2.35. The molecule has 2 aliphatic rings. The van der Waals surface area contributed by atoms with Crippen molar-refractivity contribution in [3.63, 3.8) is 0 Å². The number of benzene rings is 1. The minimum atomic E-state index is 0.0791. The van der Waals surface area contributed by atoms with Crippen LogP contribution in [0.25, 0.3) is 10.9 Å². The number of likely N-dealkylation sites (N-methyl/N-ethyl adjacent to an activating group) is 1. The Morgan fingerprint density at radius 2 is 2.17 bits per heavy atom. The van der Waals surface area contributed by atoms with E-state index in [2.05, 4.69) is 16.9 Å². The number of amides is 1. The molecule has 2 saturated heterocycles. The molecule has 1 N–H and O–H groups in total. The summed E-state index contributed by atoms with van der Waals surface area (Å²) in [6.45, 7) is 5.16. The number of hydrogen-bond donors (Lipinski definition) is 1.